The van der Waals surface area contributed by atoms with E-state index in [0.29, 0.717) is 70.7 Å². The first-order valence-corrected chi connectivity index (χ1v) is 13.6. The van der Waals surface area contributed by atoms with Crippen LogP contribution in [-0.2, 0) is 23.1 Å². The molecule has 0 spiro atoms. The summed E-state index contributed by atoms with van der Waals surface area (Å²) in [5, 5.41) is 1.01. The summed E-state index contributed by atoms with van der Waals surface area (Å²) >= 11 is 6.69. The summed E-state index contributed by atoms with van der Waals surface area (Å²) < 4.78 is 59.3. The second-order valence-electron chi connectivity index (χ2n) is 10.3. The molecule has 2 fully saturated rings. The molecule has 2 aromatic carbocycles. The van der Waals surface area contributed by atoms with Crippen LogP contribution in [0.3, 0.4) is 0 Å². The molecule has 210 valence electrons. The van der Waals surface area contributed by atoms with Crippen LogP contribution in [0.2, 0.25) is 5.02 Å². The summed E-state index contributed by atoms with van der Waals surface area (Å²) in [6.07, 6.45) is -2.91. The van der Waals surface area contributed by atoms with E-state index < -0.39 is 17.3 Å². The number of halogens is 4. The van der Waals surface area contributed by atoms with Crippen molar-refractivity contribution in [3.8, 4) is 17.6 Å². The highest BCUT2D eigenvalue weighted by Crippen LogP contribution is 2.57. The van der Waals surface area contributed by atoms with Crippen molar-refractivity contribution in [3.63, 3.8) is 0 Å². The molecule has 0 bridgehead atoms. The Labute approximate surface area is 233 Å². The van der Waals surface area contributed by atoms with E-state index in [4.69, 9.17) is 25.8 Å². The van der Waals surface area contributed by atoms with Gasteiger partial charge in [0, 0.05) is 54.7 Å². The molecule has 1 aromatic heterocycles. The number of aromatic nitrogens is 2. The van der Waals surface area contributed by atoms with Crippen LogP contribution in [0.4, 0.5) is 24.7 Å². The molecular weight excluding hydrogens is 547 g/mol. The van der Waals surface area contributed by atoms with Gasteiger partial charge in [0.25, 0.3) is 0 Å². The highest BCUT2D eigenvalue weighted by Gasteiger charge is 2.62. The minimum atomic E-state index is -4.37. The van der Waals surface area contributed by atoms with Crippen molar-refractivity contribution >= 4 is 34.0 Å². The molecule has 7 nitrogen and oxygen atoms in total. The van der Waals surface area contributed by atoms with Crippen LogP contribution in [0, 0.1) is 17.3 Å². The zero-order valence-corrected chi connectivity index (χ0v) is 22.6. The van der Waals surface area contributed by atoms with Gasteiger partial charge in [0.15, 0.2) is 0 Å². The smallest absolute Gasteiger partial charge is 0.405 e. The molecule has 0 N–H and O–H groups in total. The molecule has 0 unspecified atom stereocenters. The highest BCUT2D eigenvalue weighted by atomic mass is 35.5. The standard InChI is InChI=1S/C29H27ClF3N3O4/c1-35-24-16-25(40-19-6-12-38-13-7-19)22(30)15-20(24)26(34-27(35)37)36-11-14-39-17-21-18(3-2-4-23(21)36)5-8-28(9-10-28)29(31,32)33/h2-4,15-16,19H,6-7,9-14,17H2,1H3. The second-order valence-corrected chi connectivity index (χ2v) is 10.8. The SMILES string of the molecule is Cn1c(=O)nc(N2CCOCc3c(C#CC4(C(F)(F)F)CC4)cccc32)c2cc(Cl)c(OC3CCOCC3)cc21. The molecule has 3 aliphatic rings. The van der Waals surface area contributed by atoms with Crippen molar-refractivity contribution in [1.29, 1.82) is 0 Å². The van der Waals surface area contributed by atoms with Gasteiger partial charge in [0.2, 0.25) is 0 Å². The molecule has 6 rings (SSSR count). The van der Waals surface area contributed by atoms with Gasteiger partial charge in [0.1, 0.15) is 23.1 Å². The molecule has 2 aliphatic heterocycles. The fourth-order valence-corrected chi connectivity index (χ4v) is 5.36. The maximum atomic E-state index is 13.5. The zero-order chi connectivity index (χ0) is 28.1. The van der Waals surface area contributed by atoms with E-state index in [0.717, 1.165) is 12.8 Å². The van der Waals surface area contributed by atoms with Crippen LogP contribution in [-0.4, -0.2) is 48.2 Å². The Kier molecular flexibility index (Phi) is 6.93. The largest absolute Gasteiger partial charge is 0.489 e. The molecule has 0 radical (unpaired) electrons. The van der Waals surface area contributed by atoms with E-state index in [1.807, 2.05) is 11.0 Å². The number of anilines is 2. The average molecular weight is 574 g/mol. The molecule has 3 aromatic rings. The van der Waals surface area contributed by atoms with Crippen molar-refractivity contribution in [2.45, 2.75) is 44.6 Å². The fourth-order valence-electron chi connectivity index (χ4n) is 5.16. The summed E-state index contributed by atoms with van der Waals surface area (Å²) in [6, 6.07) is 8.76. The molecule has 0 atom stereocenters. The maximum Gasteiger partial charge on any atom is 0.405 e. The number of hydrogen-bond acceptors (Lipinski definition) is 6. The Morgan fingerprint density at radius 2 is 1.93 bits per heavy atom. The minimum absolute atomic E-state index is 0.00531. The first-order chi connectivity index (χ1) is 19.2. The third kappa shape index (κ3) is 4.91. The predicted molar refractivity (Wildman–Crippen MR) is 144 cm³/mol. The minimum Gasteiger partial charge on any atom is -0.489 e. The van der Waals surface area contributed by atoms with E-state index in [1.165, 1.54) is 4.57 Å². The van der Waals surface area contributed by atoms with Crippen molar-refractivity contribution < 1.29 is 27.4 Å². The summed E-state index contributed by atoms with van der Waals surface area (Å²) in [6.45, 7) is 2.07. The number of fused-ring (bicyclic) bond motifs is 2. The van der Waals surface area contributed by atoms with Gasteiger partial charge in [-0.1, -0.05) is 29.5 Å². The Morgan fingerprint density at radius 1 is 1.15 bits per heavy atom. The predicted octanol–water partition coefficient (Wildman–Crippen LogP) is 5.51. The number of nitrogens with zero attached hydrogens (tertiary/aromatic N) is 3. The van der Waals surface area contributed by atoms with Crippen molar-refractivity contribution in [2.24, 2.45) is 12.5 Å². The lowest BCUT2D eigenvalue weighted by Gasteiger charge is -2.26. The van der Waals surface area contributed by atoms with E-state index >= 15 is 0 Å². The Balaban J connectivity index is 1.44. The Morgan fingerprint density at radius 3 is 2.65 bits per heavy atom. The van der Waals surface area contributed by atoms with Gasteiger partial charge in [-0.05, 0) is 31.0 Å². The topological polar surface area (TPSA) is 65.8 Å². The number of ether oxygens (including phenoxy) is 3. The lowest BCUT2D eigenvalue weighted by molar-refractivity contribution is -0.168. The summed E-state index contributed by atoms with van der Waals surface area (Å²) in [7, 11) is 1.63. The van der Waals surface area contributed by atoms with Gasteiger partial charge in [-0.15, -0.1) is 0 Å². The molecule has 3 heterocycles. The third-order valence-corrected chi connectivity index (χ3v) is 8.03. The average Bonchev–Trinajstić information content (AvgIpc) is 3.75. The van der Waals surface area contributed by atoms with Gasteiger partial charge in [0.05, 0.1) is 37.0 Å². The maximum absolute atomic E-state index is 13.5. The number of benzene rings is 2. The number of hydrogen-bond donors (Lipinski definition) is 0. The van der Waals surface area contributed by atoms with E-state index in [-0.39, 0.29) is 25.6 Å². The van der Waals surface area contributed by atoms with Crippen molar-refractivity contribution in [3.05, 3.63) is 57.0 Å². The molecule has 1 saturated heterocycles. The fraction of sp³-hybridized carbons (Fsp3) is 0.448. The Hall–Kier alpha value is -3.26. The molecule has 1 aliphatic carbocycles. The van der Waals surface area contributed by atoms with Crippen LogP contribution in [0.5, 0.6) is 5.75 Å². The third-order valence-electron chi connectivity index (χ3n) is 7.74. The normalized spacial score (nSPS) is 19.0. The van der Waals surface area contributed by atoms with E-state index in [2.05, 4.69) is 16.8 Å². The molecular formula is C29H27ClF3N3O4. The first kappa shape index (κ1) is 26.9. The molecule has 11 heteroatoms. The second kappa shape index (κ2) is 10.3. The van der Waals surface area contributed by atoms with Crippen LogP contribution in [0.25, 0.3) is 10.9 Å². The Bertz CT molecular complexity index is 1580. The molecule has 1 saturated carbocycles. The number of aryl methyl sites for hydroxylation is 1. The summed E-state index contributed by atoms with van der Waals surface area (Å²) in [5.41, 5.74) is -0.0481. The quantitative estimate of drug-likeness (QED) is 0.385. The van der Waals surface area contributed by atoms with Gasteiger partial charge in [-0.25, -0.2) is 4.79 Å². The van der Waals surface area contributed by atoms with Crippen molar-refractivity contribution in [1.82, 2.24) is 9.55 Å². The van der Waals surface area contributed by atoms with Gasteiger partial charge in [-0.3, -0.25) is 4.57 Å². The zero-order valence-electron chi connectivity index (χ0n) is 21.8. The van der Waals surface area contributed by atoms with Crippen molar-refractivity contribution in [2.75, 3.05) is 31.3 Å². The van der Waals surface area contributed by atoms with E-state index in [9.17, 15) is 18.0 Å². The van der Waals surface area contributed by atoms with Crippen LogP contribution >= 0.6 is 11.6 Å². The molecule has 0 amide bonds. The lowest BCUT2D eigenvalue weighted by Crippen LogP contribution is -2.28. The van der Waals surface area contributed by atoms with Crippen LogP contribution < -0.4 is 15.3 Å². The summed E-state index contributed by atoms with van der Waals surface area (Å²) in [4.78, 5) is 19.3. The highest BCUT2D eigenvalue weighted by molar-refractivity contribution is 6.33. The van der Waals surface area contributed by atoms with Crippen LogP contribution in [0.15, 0.2) is 35.1 Å². The first-order valence-electron chi connectivity index (χ1n) is 13.2. The number of rotatable bonds is 3. The van der Waals surface area contributed by atoms with E-state index in [1.54, 1.807) is 31.3 Å². The molecule has 40 heavy (non-hydrogen) atoms. The van der Waals surface area contributed by atoms with Gasteiger partial charge < -0.3 is 19.1 Å². The lowest BCUT2D eigenvalue weighted by atomic mass is 10.0. The van der Waals surface area contributed by atoms with Gasteiger partial charge >= 0.3 is 11.9 Å². The van der Waals surface area contributed by atoms with Gasteiger partial charge in [-0.2, -0.15) is 18.2 Å². The van der Waals surface area contributed by atoms with Crippen LogP contribution in [0.1, 0.15) is 36.8 Å². The summed E-state index contributed by atoms with van der Waals surface area (Å²) in [5.74, 6) is 6.13. The number of alkyl halides is 3. The monoisotopic (exact) mass is 573 g/mol.